The molecular formula is C20H24Cl2N2O3S. The highest BCUT2D eigenvalue weighted by molar-refractivity contribution is 7.92. The Balaban J connectivity index is 2.13. The van der Waals surface area contributed by atoms with Gasteiger partial charge >= 0.3 is 0 Å². The number of carbonyl (C=O) groups is 1. The Bertz CT molecular complexity index is 975. The molecule has 0 fully saturated rings. The quantitative estimate of drug-likeness (QED) is 0.699. The van der Waals surface area contributed by atoms with Crippen LogP contribution in [-0.2, 0) is 20.2 Å². The van der Waals surface area contributed by atoms with E-state index in [0.29, 0.717) is 22.3 Å². The lowest BCUT2D eigenvalue weighted by molar-refractivity contribution is -0.119. The van der Waals surface area contributed by atoms with E-state index in [0.717, 1.165) is 21.7 Å². The molecule has 1 amide bonds. The number of anilines is 1. The smallest absolute Gasteiger partial charge is 0.240 e. The zero-order chi connectivity index (χ0) is 21.1. The molecule has 0 radical (unpaired) electrons. The fraction of sp³-hybridized carbons (Fsp3) is 0.350. The van der Waals surface area contributed by atoms with Gasteiger partial charge < -0.3 is 5.32 Å². The maximum absolute atomic E-state index is 12.5. The van der Waals surface area contributed by atoms with E-state index in [4.69, 9.17) is 23.2 Å². The van der Waals surface area contributed by atoms with E-state index < -0.39 is 15.4 Å². The van der Waals surface area contributed by atoms with Gasteiger partial charge in [-0.3, -0.25) is 9.10 Å². The summed E-state index contributed by atoms with van der Waals surface area (Å²) in [7, 11) is -3.61. The van der Waals surface area contributed by atoms with Crippen LogP contribution >= 0.6 is 23.2 Å². The number of nitrogens with zero attached hydrogens (tertiary/aromatic N) is 1. The number of aryl methyl sites for hydroxylation is 1. The molecule has 152 valence electrons. The molecule has 0 bridgehead atoms. The summed E-state index contributed by atoms with van der Waals surface area (Å²) in [5.74, 6) is -0.387. The number of para-hydroxylation sites is 1. The Morgan fingerprint density at radius 1 is 1.11 bits per heavy atom. The zero-order valence-electron chi connectivity index (χ0n) is 16.3. The van der Waals surface area contributed by atoms with Crippen LogP contribution in [0.5, 0.6) is 0 Å². The molecule has 28 heavy (non-hydrogen) atoms. The Morgan fingerprint density at radius 3 is 2.32 bits per heavy atom. The predicted octanol–water partition coefficient (Wildman–Crippen LogP) is 4.16. The number of carbonyl (C=O) groups excluding carboxylic acids is 1. The van der Waals surface area contributed by atoms with E-state index in [1.807, 2.05) is 26.0 Å². The summed E-state index contributed by atoms with van der Waals surface area (Å²) in [4.78, 5) is 12.5. The van der Waals surface area contributed by atoms with Gasteiger partial charge in [-0.15, -0.1) is 0 Å². The molecule has 0 saturated carbocycles. The molecule has 0 aliphatic heterocycles. The van der Waals surface area contributed by atoms with Gasteiger partial charge in [0.05, 0.1) is 22.0 Å². The van der Waals surface area contributed by atoms with Gasteiger partial charge in [0.25, 0.3) is 0 Å². The molecule has 0 aliphatic rings. The number of benzene rings is 2. The van der Waals surface area contributed by atoms with Crippen molar-refractivity contribution >= 4 is 44.8 Å². The Labute approximate surface area is 176 Å². The SMILES string of the molecule is Cc1ccccc1N(CC(=O)NCC(C)(C)c1ccc(Cl)c(Cl)c1)S(C)(=O)=O. The van der Waals surface area contributed by atoms with E-state index in [1.165, 1.54) is 0 Å². The van der Waals surface area contributed by atoms with Crippen LogP contribution in [0.25, 0.3) is 0 Å². The molecule has 2 aromatic rings. The topological polar surface area (TPSA) is 66.5 Å². The molecule has 0 aromatic heterocycles. The van der Waals surface area contributed by atoms with E-state index >= 15 is 0 Å². The van der Waals surface area contributed by atoms with Gasteiger partial charge in [0.2, 0.25) is 15.9 Å². The third-order valence-electron chi connectivity index (χ3n) is 4.50. The summed E-state index contributed by atoms with van der Waals surface area (Å²) >= 11 is 12.1. The molecule has 0 heterocycles. The van der Waals surface area contributed by atoms with Crippen LogP contribution in [0.1, 0.15) is 25.0 Å². The van der Waals surface area contributed by atoms with Crippen LogP contribution < -0.4 is 9.62 Å². The molecule has 0 unspecified atom stereocenters. The van der Waals surface area contributed by atoms with E-state index in [9.17, 15) is 13.2 Å². The van der Waals surface area contributed by atoms with Gasteiger partial charge in [-0.2, -0.15) is 0 Å². The number of nitrogens with one attached hydrogen (secondary N) is 1. The second kappa shape index (κ2) is 8.72. The number of hydrogen-bond donors (Lipinski definition) is 1. The first-order valence-electron chi connectivity index (χ1n) is 8.67. The molecule has 2 rings (SSSR count). The predicted molar refractivity (Wildman–Crippen MR) is 116 cm³/mol. The standard InChI is InChI=1S/C20H24Cl2N2O3S/c1-14-7-5-6-8-18(14)24(28(4,26)27)12-19(25)23-13-20(2,3)15-9-10-16(21)17(22)11-15/h5-11H,12-13H2,1-4H3,(H,23,25). The molecular weight excluding hydrogens is 419 g/mol. The van der Waals surface area contributed by atoms with E-state index in [2.05, 4.69) is 5.32 Å². The number of amides is 1. The summed E-state index contributed by atoms with van der Waals surface area (Å²) in [6, 6.07) is 12.4. The minimum atomic E-state index is -3.61. The first-order chi connectivity index (χ1) is 12.9. The monoisotopic (exact) mass is 442 g/mol. The lowest BCUT2D eigenvalue weighted by Gasteiger charge is -2.28. The first kappa shape index (κ1) is 22.5. The highest BCUT2D eigenvalue weighted by atomic mass is 35.5. The van der Waals surface area contributed by atoms with E-state index in [1.54, 1.807) is 37.3 Å². The maximum Gasteiger partial charge on any atom is 0.240 e. The number of sulfonamides is 1. The van der Waals surface area contributed by atoms with Gasteiger partial charge in [0.15, 0.2) is 0 Å². The lowest BCUT2D eigenvalue weighted by Crippen LogP contribution is -2.44. The average molecular weight is 443 g/mol. The zero-order valence-corrected chi connectivity index (χ0v) is 18.6. The van der Waals surface area contributed by atoms with Crippen LogP contribution in [0.4, 0.5) is 5.69 Å². The van der Waals surface area contributed by atoms with Crippen LogP contribution in [0.15, 0.2) is 42.5 Å². The van der Waals surface area contributed by atoms with Gasteiger partial charge in [-0.25, -0.2) is 8.42 Å². The molecule has 0 atom stereocenters. The highest BCUT2D eigenvalue weighted by Crippen LogP contribution is 2.29. The highest BCUT2D eigenvalue weighted by Gasteiger charge is 2.25. The fourth-order valence-corrected chi connectivity index (χ4v) is 3.96. The second-order valence-electron chi connectivity index (χ2n) is 7.35. The second-order valence-corrected chi connectivity index (χ2v) is 10.1. The molecule has 0 aliphatic carbocycles. The minimum absolute atomic E-state index is 0.291. The van der Waals surface area contributed by atoms with Crippen LogP contribution in [-0.4, -0.2) is 33.7 Å². The summed E-state index contributed by atoms with van der Waals surface area (Å²) in [6.07, 6.45) is 1.09. The number of rotatable bonds is 7. The molecule has 5 nitrogen and oxygen atoms in total. The van der Waals surface area contributed by atoms with Crippen molar-refractivity contribution in [2.75, 3.05) is 23.7 Å². The summed E-state index contributed by atoms with van der Waals surface area (Å²) in [5.41, 5.74) is 1.77. The van der Waals surface area contributed by atoms with Crippen LogP contribution in [0, 0.1) is 6.92 Å². The van der Waals surface area contributed by atoms with Crippen LogP contribution in [0.2, 0.25) is 10.0 Å². The number of halogens is 2. The van der Waals surface area contributed by atoms with Gasteiger partial charge in [0, 0.05) is 12.0 Å². The van der Waals surface area contributed by atoms with Gasteiger partial charge in [0.1, 0.15) is 6.54 Å². The number of hydrogen-bond acceptors (Lipinski definition) is 3. The van der Waals surface area contributed by atoms with Gasteiger partial charge in [-0.1, -0.05) is 61.3 Å². The Hall–Kier alpha value is -1.76. The largest absolute Gasteiger partial charge is 0.354 e. The molecule has 2 aromatic carbocycles. The third kappa shape index (κ3) is 5.63. The molecule has 0 saturated heterocycles. The third-order valence-corrected chi connectivity index (χ3v) is 6.37. The summed E-state index contributed by atoms with van der Waals surface area (Å²) in [6.45, 7) is 5.75. The maximum atomic E-state index is 12.5. The normalized spacial score (nSPS) is 11.9. The van der Waals surface area contributed by atoms with Crippen LogP contribution in [0.3, 0.4) is 0 Å². The van der Waals surface area contributed by atoms with E-state index in [-0.39, 0.29) is 12.5 Å². The van der Waals surface area contributed by atoms with Crippen molar-refractivity contribution in [3.63, 3.8) is 0 Å². The summed E-state index contributed by atoms with van der Waals surface area (Å²) < 4.78 is 25.6. The average Bonchev–Trinajstić information content (AvgIpc) is 2.60. The van der Waals surface area contributed by atoms with Crippen molar-refractivity contribution in [2.24, 2.45) is 0 Å². The Morgan fingerprint density at radius 2 is 1.75 bits per heavy atom. The van der Waals surface area contributed by atoms with Crippen molar-refractivity contribution < 1.29 is 13.2 Å². The van der Waals surface area contributed by atoms with Crippen molar-refractivity contribution in [3.05, 3.63) is 63.6 Å². The fourth-order valence-electron chi connectivity index (χ4n) is 2.75. The lowest BCUT2D eigenvalue weighted by atomic mass is 9.84. The van der Waals surface area contributed by atoms with Crippen molar-refractivity contribution in [2.45, 2.75) is 26.2 Å². The first-order valence-corrected chi connectivity index (χ1v) is 11.3. The molecule has 8 heteroatoms. The minimum Gasteiger partial charge on any atom is -0.354 e. The van der Waals surface area contributed by atoms with Gasteiger partial charge in [-0.05, 0) is 36.2 Å². The van der Waals surface area contributed by atoms with Crippen molar-refractivity contribution in [1.29, 1.82) is 0 Å². The van der Waals surface area contributed by atoms with Crippen molar-refractivity contribution in [3.8, 4) is 0 Å². The molecule has 1 N–H and O–H groups in total. The summed E-state index contributed by atoms with van der Waals surface area (Å²) in [5, 5.41) is 3.74. The van der Waals surface area contributed by atoms with Crippen molar-refractivity contribution in [1.82, 2.24) is 5.32 Å². The Kier molecular flexibility index (Phi) is 7.02. The molecule has 0 spiro atoms.